The molecule has 20 heavy (non-hydrogen) atoms. The van der Waals surface area contributed by atoms with Gasteiger partial charge in [0.2, 0.25) is 10.0 Å². The molecule has 0 saturated heterocycles. The zero-order valence-corrected chi connectivity index (χ0v) is 12.3. The number of nitrogens with one attached hydrogen (secondary N) is 2. The first-order chi connectivity index (χ1) is 9.53. The van der Waals surface area contributed by atoms with Crippen molar-refractivity contribution in [1.29, 1.82) is 5.26 Å². The van der Waals surface area contributed by atoms with E-state index in [2.05, 4.69) is 10.0 Å². The summed E-state index contributed by atoms with van der Waals surface area (Å²) in [5, 5.41) is 12.1. The highest BCUT2D eigenvalue weighted by molar-refractivity contribution is 7.89. The van der Waals surface area contributed by atoms with Gasteiger partial charge in [0.25, 0.3) is 0 Å². The minimum absolute atomic E-state index is 0.242. The van der Waals surface area contributed by atoms with Crippen molar-refractivity contribution in [3.63, 3.8) is 0 Å². The number of benzene rings is 1. The van der Waals surface area contributed by atoms with Crippen LogP contribution >= 0.6 is 0 Å². The Morgan fingerprint density at radius 3 is 2.70 bits per heavy atom. The highest BCUT2D eigenvalue weighted by atomic mass is 32.2. The second kappa shape index (κ2) is 6.35. The van der Waals surface area contributed by atoms with Gasteiger partial charge in [-0.1, -0.05) is 0 Å². The Bertz CT molecular complexity index is 616. The Kier molecular flexibility index (Phi) is 4.76. The lowest BCUT2D eigenvalue weighted by Gasteiger charge is -2.09. The first-order valence-electron chi connectivity index (χ1n) is 6.77. The monoisotopic (exact) mass is 293 g/mol. The minimum atomic E-state index is -3.49. The summed E-state index contributed by atoms with van der Waals surface area (Å²) in [6.07, 6.45) is 3.23. The molecule has 0 spiro atoms. The highest BCUT2D eigenvalue weighted by Crippen LogP contribution is 2.18. The molecule has 1 aliphatic rings. The molecule has 1 saturated carbocycles. The van der Waals surface area contributed by atoms with E-state index < -0.39 is 10.0 Å². The molecule has 0 unspecified atom stereocenters. The Hall–Kier alpha value is -1.42. The van der Waals surface area contributed by atoms with Gasteiger partial charge in [-0.2, -0.15) is 5.26 Å². The molecule has 6 heteroatoms. The third kappa shape index (κ3) is 4.04. The average molecular weight is 293 g/mol. The van der Waals surface area contributed by atoms with Gasteiger partial charge in [-0.3, -0.25) is 0 Å². The zero-order valence-electron chi connectivity index (χ0n) is 11.5. The van der Waals surface area contributed by atoms with Crippen LogP contribution in [0.4, 0.5) is 0 Å². The number of hydrogen-bond acceptors (Lipinski definition) is 4. The number of aryl methyl sites for hydroxylation is 1. The van der Waals surface area contributed by atoms with Crippen LogP contribution in [-0.4, -0.2) is 27.5 Å². The first kappa shape index (κ1) is 15.0. The van der Waals surface area contributed by atoms with Gasteiger partial charge in [-0.15, -0.1) is 0 Å². The van der Waals surface area contributed by atoms with Crippen LogP contribution in [0.2, 0.25) is 0 Å². The molecule has 0 atom stereocenters. The fourth-order valence-corrected chi connectivity index (χ4v) is 3.29. The van der Waals surface area contributed by atoms with Crippen LogP contribution in [0, 0.1) is 18.3 Å². The summed E-state index contributed by atoms with van der Waals surface area (Å²) in [7, 11) is -3.49. The molecule has 1 aromatic carbocycles. The van der Waals surface area contributed by atoms with E-state index in [9.17, 15) is 8.42 Å². The van der Waals surface area contributed by atoms with Crippen LogP contribution in [0.25, 0.3) is 0 Å². The molecule has 0 amide bonds. The van der Waals surface area contributed by atoms with E-state index in [1.54, 1.807) is 13.0 Å². The van der Waals surface area contributed by atoms with Gasteiger partial charge in [0.05, 0.1) is 16.5 Å². The lowest BCUT2D eigenvalue weighted by atomic mass is 10.2. The summed E-state index contributed by atoms with van der Waals surface area (Å²) < 4.78 is 26.9. The van der Waals surface area contributed by atoms with Gasteiger partial charge in [0, 0.05) is 12.6 Å². The van der Waals surface area contributed by atoms with E-state index in [0.717, 1.165) is 13.0 Å². The molecule has 2 N–H and O–H groups in total. The molecule has 0 heterocycles. The van der Waals surface area contributed by atoms with Gasteiger partial charge in [-0.05, 0) is 56.5 Å². The summed E-state index contributed by atoms with van der Waals surface area (Å²) in [6, 6.07) is 7.24. The number of nitriles is 1. The zero-order chi connectivity index (χ0) is 14.6. The molecule has 2 rings (SSSR count). The topological polar surface area (TPSA) is 82.0 Å². The predicted molar refractivity (Wildman–Crippen MR) is 76.7 cm³/mol. The molecular formula is C14H19N3O2S. The van der Waals surface area contributed by atoms with E-state index in [1.165, 1.54) is 25.0 Å². The summed E-state index contributed by atoms with van der Waals surface area (Å²) >= 11 is 0. The van der Waals surface area contributed by atoms with Crippen molar-refractivity contribution in [3.05, 3.63) is 29.3 Å². The fraction of sp³-hybridized carbons (Fsp3) is 0.500. The van der Waals surface area contributed by atoms with Crippen LogP contribution in [0.5, 0.6) is 0 Å². The molecule has 0 bridgehead atoms. The molecule has 1 aromatic rings. The summed E-state index contributed by atoms with van der Waals surface area (Å²) in [6.45, 7) is 2.95. The van der Waals surface area contributed by atoms with Gasteiger partial charge < -0.3 is 5.32 Å². The molecular weight excluding hydrogens is 274 g/mol. The van der Waals surface area contributed by atoms with Crippen molar-refractivity contribution in [2.24, 2.45) is 0 Å². The molecule has 0 aromatic heterocycles. The lowest BCUT2D eigenvalue weighted by Crippen LogP contribution is -2.28. The van der Waals surface area contributed by atoms with Crippen molar-refractivity contribution in [2.45, 2.75) is 37.1 Å². The fourth-order valence-electron chi connectivity index (χ4n) is 1.99. The largest absolute Gasteiger partial charge is 0.314 e. The highest BCUT2D eigenvalue weighted by Gasteiger charge is 2.20. The normalized spacial score (nSPS) is 15.0. The molecule has 5 nitrogen and oxygen atoms in total. The summed E-state index contributed by atoms with van der Waals surface area (Å²) in [5.74, 6) is 0. The van der Waals surface area contributed by atoms with Crippen molar-refractivity contribution in [2.75, 3.05) is 13.1 Å². The standard InChI is InChI=1S/C14H19N3O2S/c1-11-9-12(10-15)3-6-14(11)20(18,19)17-8-2-7-16-13-4-5-13/h3,6,9,13,16-17H,2,4-5,7-8H2,1H3. The van der Waals surface area contributed by atoms with Crippen LogP contribution in [0.1, 0.15) is 30.4 Å². The number of nitrogens with zero attached hydrogens (tertiary/aromatic N) is 1. The Labute approximate surface area is 120 Å². The number of hydrogen-bond donors (Lipinski definition) is 2. The van der Waals surface area contributed by atoms with Crippen molar-refractivity contribution in [1.82, 2.24) is 10.0 Å². The van der Waals surface area contributed by atoms with Crippen LogP contribution < -0.4 is 10.0 Å². The Morgan fingerprint density at radius 1 is 1.35 bits per heavy atom. The van der Waals surface area contributed by atoms with E-state index >= 15 is 0 Å². The first-order valence-corrected chi connectivity index (χ1v) is 8.25. The van der Waals surface area contributed by atoms with E-state index in [1.807, 2.05) is 6.07 Å². The second-order valence-electron chi connectivity index (χ2n) is 5.07. The maximum atomic E-state index is 12.1. The molecule has 0 aliphatic heterocycles. The SMILES string of the molecule is Cc1cc(C#N)ccc1S(=O)(=O)NCCCNC1CC1. The number of sulfonamides is 1. The Balaban J connectivity index is 1.90. The van der Waals surface area contributed by atoms with Crippen LogP contribution in [0.15, 0.2) is 23.1 Å². The summed E-state index contributed by atoms with van der Waals surface area (Å²) in [5.41, 5.74) is 1.06. The van der Waals surface area contributed by atoms with Crippen molar-refractivity contribution >= 4 is 10.0 Å². The molecule has 1 aliphatic carbocycles. The van der Waals surface area contributed by atoms with Gasteiger partial charge in [-0.25, -0.2) is 13.1 Å². The predicted octanol–water partition coefficient (Wildman–Crippen LogP) is 1.29. The van der Waals surface area contributed by atoms with Crippen molar-refractivity contribution in [3.8, 4) is 6.07 Å². The Morgan fingerprint density at radius 2 is 2.10 bits per heavy atom. The quantitative estimate of drug-likeness (QED) is 0.742. The smallest absolute Gasteiger partial charge is 0.240 e. The van der Waals surface area contributed by atoms with Gasteiger partial charge >= 0.3 is 0 Å². The lowest BCUT2D eigenvalue weighted by molar-refractivity contribution is 0.573. The van der Waals surface area contributed by atoms with Gasteiger partial charge in [0.15, 0.2) is 0 Å². The van der Waals surface area contributed by atoms with Gasteiger partial charge in [0.1, 0.15) is 0 Å². The maximum Gasteiger partial charge on any atom is 0.240 e. The third-order valence-corrected chi connectivity index (χ3v) is 4.87. The molecule has 1 fully saturated rings. The van der Waals surface area contributed by atoms with E-state index in [-0.39, 0.29) is 4.90 Å². The van der Waals surface area contributed by atoms with E-state index in [0.29, 0.717) is 23.7 Å². The minimum Gasteiger partial charge on any atom is -0.314 e. The summed E-state index contributed by atoms with van der Waals surface area (Å²) in [4.78, 5) is 0.242. The van der Waals surface area contributed by atoms with Crippen LogP contribution in [-0.2, 0) is 10.0 Å². The third-order valence-electron chi connectivity index (χ3n) is 3.25. The molecule has 108 valence electrons. The molecule has 0 radical (unpaired) electrons. The number of rotatable bonds is 7. The second-order valence-corrected chi connectivity index (χ2v) is 6.81. The van der Waals surface area contributed by atoms with E-state index in [4.69, 9.17) is 5.26 Å². The maximum absolute atomic E-state index is 12.1. The van der Waals surface area contributed by atoms with Crippen molar-refractivity contribution < 1.29 is 8.42 Å². The van der Waals surface area contributed by atoms with Crippen LogP contribution in [0.3, 0.4) is 0 Å². The average Bonchev–Trinajstić information content (AvgIpc) is 3.21.